The first-order chi connectivity index (χ1) is 14.5. The highest BCUT2D eigenvalue weighted by molar-refractivity contribution is 8.00. The molecule has 3 rings (SSSR count). The van der Waals surface area contributed by atoms with Crippen molar-refractivity contribution in [3.05, 3.63) is 64.7 Å². The molecule has 0 bridgehead atoms. The Labute approximate surface area is 187 Å². The molecule has 160 valence electrons. The largest absolute Gasteiger partial charge is 0.353 e. The second kappa shape index (κ2) is 11.4. The number of hydrogen-bond acceptors (Lipinski definition) is 4. The van der Waals surface area contributed by atoms with Crippen LogP contribution in [0.3, 0.4) is 0 Å². The molecule has 1 atom stereocenters. The van der Waals surface area contributed by atoms with Gasteiger partial charge >= 0.3 is 0 Å². The highest BCUT2D eigenvalue weighted by atomic mass is 35.5. The molecular formula is C23H28ClN3O2S. The number of rotatable bonds is 9. The number of anilines is 1. The van der Waals surface area contributed by atoms with E-state index in [1.165, 1.54) is 24.6 Å². The first-order valence-corrected chi connectivity index (χ1v) is 11.8. The molecule has 0 aliphatic carbocycles. The molecule has 1 aliphatic rings. The molecule has 1 fully saturated rings. The summed E-state index contributed by atoms with van der Waals surface area (Å²) < 4.78 is 0. The molecule has 2 aromatic rings. The van der Waals surface area contributed by atoms with Gasteiger partial charge in [-0.1, -0.05) is 41.9 Å². The number of amides is 2. The topological polar surface area (TPSA) is 61.4 Å². The third-order valence-electron chi connectivity index (χ3n) is 5.11. The zero-order valence-corrected chi connectivity index (χ0v) is 18.8. The van der Waals surface area contributed by atoms with Crippen molar-refractivity contribution in [3.63, 3.8) is 0 Å². The number of thioether (sulfide) groups is 1. The smallest absolute Gasteiger partial charge is 0.234 e. The average Bonchev–Trinajstić information content (AvgIpc) is 3.24. The van der Waals surface area contributed by atoms with Crippen LogP contribution in [0, 0.1) is 6.92 Å². The van der Waals surface area contributed by atoms with Crippen molar-refractivity contribution >= 4 is 40.9 Å². The van der Waals surface area contributed by atoms with Crippen molar-refractivity contribution in [1.29, 1.82) is 0 Å². The number of benzene rings is 2. The SMILES string of the molecule is Cc1cccc(NC(=O)CSCC(=O)NCC(c2ccccc2Cl)N2CCCC2)c1. The fourth-order valence-corrected chi connectivity index (χ4v) is 4.56. The number of carbonyl (C=O) groups is 2. The molecule has 0 aromatic heterocycles. The van der Waals surface area contributed by atoms with E-state index >= 15 is 0 Å². The normalized spacial score (nSPS) is 15.0. The van der Waals surface area contributed by atoms with Crippen LogP contribution >= 0.6 is 23.4 Å². The van der Waals surface area contributed by atoms with Gasteiger partial charge in [0.05, 0.1) is 17.5 Å². The molecule has 0 radical (unpaired) electrons. The van der Waals surface area contributed by atoms with Crippen LogP contribution in [0.15, 0.2) is 48.5 Å². The zero-order chi connectivity index (χ0) is 21.3. The van der Waals surface area contributed by atoms with Crippen molar-refractivity contribution in [2.75, 3.05) is 36.5 Å². The van der Waals surface area contributed by atoms with Crippen molar-refractivity contribution in [2.24, 2.45) is 0 Å². The standard InChI is InChI=1S/C23H28ClN3O2S/c1-17-7-6-8-18(13-17)26-23(29)16-30-15-22(28)25-14-21(27-11-4-5-12-27)19-9-2-3-10-20(19)24/h2-3,6-10,13,21H,4-5,11-12,14-16H2,1H3,(H,25,28)(H,26,29). The molecule has 30 heavy (non-hydrogen) atoms. The summed E-state index contributed by atoms with van der Waals surface area (Å²) in [5.41, 5.74) is 2.91. The Balaban J connectivity index is 1.45. The third kappa shape index (κ3) is 6.76. The summed E-state index contributed by atoms with van der Waals surface area (Å²) in [6, 6.07) is 15.6. The molecule has 2 aromatic carbocycles. The fourth-order valence-electron chi connectivity index (χ4n) is 3.65. The van der Waals surface area contributed by atoms with Crippen LogP contribution in [0.2, 0.25) is 5.02 Å². The van der Waals surface area contributed by atoms with Gasteiger partial charge in [0.25, 0.3) is 0 Å². The van der Waals surface area contributed by atoms with Gasteiger partial charge in [-0.3, -0.25) is 14.5 Å². The number of hydrogen-bond donors (Lipinski definition) is 2. The van der Waals surface area contributed by atoms with Gasteiger partial charge in [-0.05, 0) is 62.2 Å². The van der Waals surface area contributed by atoms with Gasteiger partial charge in [-0.2, -0.15) is 0 Å². The first kappa shape index (κ1) is 22.7. The van der Waals surface area contributed by atoms with E-state index in [1.54, 1.807) is 0 Å². The Morgan fingerprint density at radius 2 is 1.80 bits per heavy atom. The predicted octanol–water partition coefficient (Wildman–Crippen LogP) is 4.27. The van der Waals surface area contributed by atoms with E-state index in [4.69, 9.17) is 11.6 Å². The molecule has 0 spiro atoms. The lowest BCUT2D eigenvalue weighted by molar-refractivity contribution is -0.118. The van der Waals surface area contributed by atoms with Crippen LogP contribution in [0.5, 0.6) is 0 Å². The Morgan fingerprint density at radius 3 is 2.53 bits per heavy atom. The molecular weight excluding hydrogens is 418 g/mol. The molecule has 5 nitrogen and oxygen atoms in total. The quantitative estimate of drug-likeness (QED) is 0.605. The van der Waals surface area contributed by atoms with Gasteiger partial charge in [0, 0.05) is 17.3 Å². The minimum atomic E-state index is -0.107. The summed E-state index contributed by atoms with van der Waals surface area (Å²) in [5.74, 6) is 0.307. The minimum Gasteiger partial charge on any atom is -0.353 e. The molecule has 1 saturated heterocycles. The van der Waals surface area contributed by atoms with E-state index < -0.39 is 0 Å². The number of nitrogens with zero attached hydrogens (tertiary/aromatic N) is 1. The van der Waals surface area contributed by atoms with Crippen LogP contribution in [-0.4, -0.2) is 47.9 Å². The lowest BCUT2D eigenvalue weighted by atomic mass is 10.1. The monoisotopic (exact) mass is 445 g/mol. The van der Waals surface area contributed by atoms with Crippen molar-refractivity contribution in [2.45, 2.75) is 25.8 Å². The van der Waals surface area contributed by atoms with E-state index in [2.05, 4.69) is 15.5 Å². The number of likely N-dealkylation sites (tertiary alicyclic amines) is 1. The zero-order valence-electron chi connectivity index (χ0n) is 17.2. The number of halogens is 1. The summed E-state index contributed by atoms with van der Waals surface area (Å²) in [4.78, 5) is 26.8. The molecule has 7 heteroatoms. The van der Waals surface area contributed by atoms with Crippen LogP contribution in [0.4, 0.5) is 5.69 Å². The Bertz CT molecular complexity index is 871. The van der Waals surface area contributed by atoms with Gasteiger partial charge in [0.15, 0.2) is 0 Å². The van der Waals surface area contributed by atoms with Crippen LogP contribution < -0.4 is 10.6 Å². The number of nitrogens with one attached hydrogen (secondary N) is 2. The van der Waals surface area contributed by atoms with E-state index in [1.807, 2.05) is 55.5 Å². The summed E-state index contributed by atoms with van der Waals surface area (Å²) in [6.45, 7) is 4.52. The summed E-state index contributed by atoms with van der Waals surface area (Å²) in [5, 5.41) is 6.61. The van der Waals surface area contributed by atoms with Gasteiger partial charge in [-0.25, -0.2) is 0 Å². The van der Waals surface area contributed by atoms with E-state index in [9.17, 15) is 9.59 Å². The molecule has 2 amide bonds. The van der Waals surface area contributed by atoms with Crippen LogP contribution in [0.1, 0.15) is 30.0 Å². The third-order valence-corrected chi connectivity index (χ3v) is 6.38. The number of aryl methyl sites for hydroxylation is 1. The fraction of sp³-hybridized carbons (Fsp3) is 0.391. The Morgan fingerprint density at radius 1 is 1.07 bits per heavy atom. The minimum absolute atomic E-state index is 0.0692. The maximum Gasteiger partial charge on any atom is 0.234 e. The predicted molar refractivity (Wildman–Crippen MR) is 125 cm³/mol. The van der Waals surface area contributed by atoms with Gasteiger partial charge in [0.1, 0.15) is 0 Å². The van der Waals surface area contributed by atoms with Gasteiger partial charge in [0.2, 0.25) is 11.8 Å². The maximum atomic E-state index is 12.3. The highest BCUT2D eigenvalue weighted by Crippen LogP contribution is 2.29. The lowest BCUT2D eigenvalue weighted by Crippen LogP contribution is -2.37. The Hall–Kier alpha value is -2.02. The summed E-state index contributed by atoms with van der Waals surface area (Å²) in [6.07, 6.45) is 2.33. The van der Waals surface area contributed by atoms with E-state index in [0.29, 0.717) is 6.54 Å². The molecule has 1 heterocycles. The van der Waals surface area contributed by atoms with E-state index in [-0.39, 0.29) is 29.4 Å². The van der Waals surface area contributed by atoms with E-state index in [0.717, 1.165) is 34.9 Å². The maximum absolute atomic E-state index is 12.3. The highest BCUT2D eigenvalue weighted by Gasteiger charge is 2.25. The van der Waals surface area contributed by atoms with Crippen molar-refractivity contribution in [3.8, 4) is 0 Å². The van der Waals surface area contributed by atoms with Crippen molar-refractivity contribution < 1.29 is 9.59 Å². The average molecular weight is 446 g/mol. The molecule has 1 unspecified atom stereocenters. The summed E-state index contributed by atoms with van der Waals surface area (Å²) >= 11 is 7.73. The first-order valence-electron chi connectivity index (χ1n) is 10.2. The van der Waals surface area contributed by atoms with Gasteiger partial charge in [-0.15, -0.1) is 11.8 Å². The van der Waals surface area contributed by atoms with Crippen molar-refractivity contribution in [1.82, 2.24) is 10.2 Å². The van der Waals surface area contributed by atoms with Gasteiger partial charge < -0.3 is 10.6 Å². The second-order valence-corrected chi connectivity index (χ2v) is 8.89. The Kier molecular flexibility index (Phi) is 8.61. The molecule has 2 N–H and O–H groups in total. The summed E-state index contributed by atoms with van der Waals surface area (Å²) in [7, 11) is 0. The second-order valence-electron chi connectivity index (χ2n) is 7.49. The lowest BCUT2D eigenvalue weighted by Gasteiger charge is -2.29. The van der Waals surface area contributed by atoms with Crippen LogP contribution in [0.25, 0.3) is 0 Å². The number of carbonyl (C=O) groups excluding carboxylic acids is 2. The molecule has 1 aliphatic heterocycles. The molecule has 0 saturated carbocycles. The van der Waals surface area contributed by atoms with Crippen LogP contribution in [-0.2, 0) is 9.59 Å².